The summed E-state index contributed by atoms with van der Waals surface area (Å²) in [6.45, 7) is 0. The third-order valence-electron chi connectivity index (χ3n) is 2.15. The highest BCUT2D eigenvalue weighted by atomic mass is 32.2. The van der Waals surface area contributed by atoms with Crippen LogP contribution >= 0.6 is 23.1 Å². The van der Waals surface area contributed by atoms with Gasteiger partial charge in [0.25, 0.3) is 0 Å². The summed E-state index contributed by atoms with van der Waals surface area (Å²) in [5.74, 6) is 0. The highest BCUT2D eigenvalue weighted by Gasteiger charge is 2.07. The van der Waals surface area contributed by atoms with Crippen LogP contribution in [0.15, 0.2) is 39.4 Å². The Morgan fingerprint density at radius 2 is 2.18 bits per heavy atom. The van der Waals surface area contributed by atoms with E-state index in [1.54, 1.807) is 5.51 Å². The van der Waals surface area contributed by atoms with E-state index in [-0.39, 0.29) is 0 Å². The summed E-state index contributed by atoms with van der Waals surface area (Å²) in [5, 5.41) is 9.62. The summed E-state index contributed by atoms with van der Waals surface area (Å²) in [4.78, 5) is 8.46. The Bertz CT molecular complexity index is 653. The molecule has 17 heavy (non-hydrogen) atoms. The number of fused-ring (bicyclic) bond motifs is 1. The highest BCUT2D eigenvalue weighted by Crippen LogP contribution is 2.31. The van der Waals surface area contributed by atoms with E-state index in [1.807, 2.05) is 18.2 Å². The van der Waals surface area contributed by atoms with Crippen molar-refractivity contribution in [2.24, 2.45) is 0 Å². The molecule has 0 aliphatic rings. The van der Waals surface area contributed by atoms with Crippen molar-refractivity contribution in [3.8, 4) is 0 Å². The number of rotatable bonds is 2. The SMILES string of the molecule is Nc1ccc2c(Sc3nncs3)ncnc2c1. The number of nitrogens with two attached hydrogens (primary N) is 1. The van der Waals surface area contributed by atoms with Crippen LogP contribution in [0, 0.1) is 0 Å². The van der Waals surface area contributed by atoms with Crippen LogP contribution in [0.2, 0.25) is 0 Å². The lowest BCUT2D eigenvalue weighted by Gasteiger charge is -2.02. The van der Waals surface area contributed by atoms with Crippen molar-refractivity contribution < 1.29 is 0 Å². The van der Waals surface area contributed by atoms with Gasteiger partial charge in [-0.25, -0.2) is 9.97 Å². The topological polar surface area (TPSA) is 77.6 Å². The number of anilines is 1. The smallest absolute Gasteiger partial charge is 0.180 e. The molecule has 5 nitrogen and oxygen atoms in total. The molecule has 1 aromatic carbocycles. The van der Waals surface area contributed by atoms with Gasteiger partial charge in [0.1, 0.15) is 16.9 Å². The van der Waals surface area contributed by atoms with E-state index < -0.39 is 0 Å². The number of hydrogen-bond acceptors (Lipinski definition) is 7. The van der Waals surface area contributed by atoms with E-state index in [4.69, 9.17) is 5.73 Å². The first-order valence-electron chi connectivity index (χ1n) is 4.77. The summed E-state index contributed by atoms with van der Waals surface area (Å²) in [7, 11) is 0. The number of aromatic nitrogens is 4. The van der Waals surface area contributed by atoms with Gasteiger partial charge in [-0.1, -0.05) is 11.3 Å². The number of benzene rings is 1. The number of nitrogen functional groups attached to an aromatic ring is 1. The summed E-state index contributed by atoms with van der Waals surface area (Å²) >= 11 is 2.97. The van der Waals surface area contributed by atoms with Gasteiger partial charge in [-0.15, -0.1) is 10.2 Å². The second-order valence-corrected chi connectivity index (χ2v) is 5.33. The molecule has 0 atom stereocenters. The molecule has 2 N–H and O–H groups in total. The maximum atomic E-state index is 5.72. The molecule has 7 heteroatoms. The van der Waals surface area contributed by atoms with Crippen molar-refractivity contribution in [1.29, 1.82) is 0 Å². The summed E-state index contributed by atoms with van der Waals surface area (Å²) < 4.78 is 0.863. The van der Waals surface area contributed by atoms with Gasteiger partial charge < -0.3 is 5.73 Å². The third kappa shape index (κ3) is 2.06. The fourth-order valence-corrected chi connectivity index (χ4v) is 2.89. The van der Waals surface area contributed by atoms with Gasteiger partial charge in [0.15, 0.2) is 4.34 Å². The Hall–Kier alpha value is -1.73. The van der Waals surface area contributed by atoms with Crippen LogP contribution in [-0.2, 0) is 0 Å². The third-order valence-corrected chi connectivity index (χ3v) is 3.94. The lowest BCUT2D eigenvalue weighted by Crippen LogP contribution is -1.89. The van der Waals surface area contributed by atoms with E-state index >= 15 is 0 Å². The van der Waals surface area contributed by atoms with Crippen LogP contribution in [0.5, 0.6) is 0 Å². The molecular formula is C10H7N5S2. The fraction of sp³-hybridized carbons (Fsp3) is 0. The van der Waals surface area contributed by atoms with Gasteiger partial charge in [0.05, 0.1) is 5.52 Å². The van der Waals surface area contributed by atoms with Gasteiger partial charge in [-0.3, -0.25) is 0 Å². The molecule has 0 fully saturated rings. The molecule has 0 amide bonds. The largest absolute Gasteiger partial charge is 0.399 e. The predicted molar refractivity (Wildman–Crippen MR) is 68.0 cm³/mol. The highest BCUT2D eigenvalue weighted by molar-refractivity contribution is 8.01. The molecular weight excluding hydrogens is 254 g/mol. The van der Waals surface area contributed by atoms with Crippen LogP contribution in [0.4, 0.5) is 5.69 Å². The van der Waals surface area contributed by atoms with Crippen molar-refractivity contribution in [2.75, 3.05) is 5.73 Å². The Morgan fingerprint density at radius 1 is 1.24 bits per heavy atom. The molecule has 0 saturated heterocycles. The molecule has 0 aliphatic heterocycles. The molecule has 3 aromatic rings. The molecule has 2 aromatic heterocycles. The summed E-state index contributed by atoms with van der Waals surface area (Å²) in [5.41, 5.74) is 8.96. The molecule has 0 radical (unpaired) electrons. The van der Waals surface area contributed by atoms with E-state index in [0.29, 0.717) is 5.69 Å². The van der Waals surface area contributed by atoms with Crippen molar-refractivity contribution >= 4 is 39.7 Å². The molecule has 84 valence electrons. The molecule has 0 bridgehead atoms. The van der Waals surface area contributed by atoms with Crippen LogP contribution < -0.4 is 5.73 Å². The second kappa shape index (κ2) is 4.27. The molecule has 0 spiro atoms. The Labute approximate surface area is 105 Å². The lowest BCUT2D eigenvalue weighted by molar-refractivity contribution is 1.01. The first kappa shape index (κ1) is 10.4. The molecule has 2 heterocycles. The zero-order valence-electron chi connectivity index (χ0n) is 8.57. The molecule has 0 unspecified atom stereocenters. The maximum Gasteiger partial charge on any atom is 0.180 e. The fourth-order valence-electron chi connectivity index (χ4n) is 1.42. The quantitative estimate of drug-likeness (QED) is 0.563. The number of nitrogens with zero attached hydrogens (tertiary/aromatic N) is 4. The second-order valence-electron chi connectivity index (χ2n) is 3.26. The number of hydrogen-bond donors (Lipinski definition) is 1. The minimum Gasteiger partial charge on any atom is -0.399 e. The van der Waals surface area contributed by atoms with Crippen molar-refractivity contribution in [3.05, 3.63) is 30.0 Å². The van der Waals surface area contributed by atoms with E-state index in [2.05, 4.69) is 20.2 Å². The first-order valence-corrected chi connectivity index (χ1v) is 6.47. The lowest BCUT2D eigenvalue weighted by atomic mass is 10.2. The predicted octanol–water partition coefficient (Wildman–Crippen LogP) is 2.21. The monoisotopic (exact) mass is 261 g/mol. The molecule has 0 aliphatic carbocycles. The van der Waals surface area contributed by atoms with Crippen LogP contribution in [0.3, 0.4) is 0 Å². The van der Waals surface area contributed by atoms with E-state index in [1.165, 1.54) is 29.4 Å². The first-order chi connectivity index (χ1) is 8.33. The Morgan fingerprint density at radius 3 is 3.00 bits per heavy atom. The Kier molecular flexibility index (Phi) is 2.62. The van der Waals surface area contributed by atoms with Gasteiger partial charge in [0.2, 0.25) is 0 Å². The van der Waals surface area contributed by atoms with Gasteiger partial charge in [-0.05, 0) is 30.0 Å². The van der Waals surface area contributed by atoms with E-state index in [9.17, 15) is 0 Å². The van der Waals surface area contributed by atoms with Gasteiger partial charge >= 0.3 is 0 Å². The maximum absolute atomic E-state index is 5.72. The average Bonchev–Trinajstić information content (AvgIpc) is 2.82. The molecule has 0 saturated carbocycles. The van der Waals surface area contributed by atoms with Gasteiger partial charge in [-0.2, -0.15) is 0 Å². The zero-order chi connectivity index (χ0) is 11.7. The standard InChI is InChI=1S/C10H7N5S2/c11-6-1-2-7-8(3-6)12-4-13-9(7)17-10-15-14-5-16-10/h1-5H,11H2. The molecule has 3 rings (SSSR count). The minimum atomic E-state index is 0.697. The van der Waals surface area contributed by atoms with Gasteiger partial charge in [0, 0.05) is 11.1 Å². The minimum absolute atomic E-state index is 0.697. The van der Waals surface area contributed by atoms with Crippen LogP contribution in [0.25, 0.3) is 10.9 Å². The zero-order valence-corrected chi connectivity index (χ0v) is 10.2. The van der Waals surface area contributed by atoms with Crippen molar-refractivity contribution in [3.63, 3.8) is 0 Å². The van der Waals surface area contributed by atoms with Crippen LogP contribution in [-0.4, -0.2) is 20.2 Å². The average molecular weight is 261 g/mol. The van der Waals surface area contributed by atoms with Crippen molar-refractivity contribution in [2.45, 2.75) is 9.37 Å². The van der Waals surface area contributed by atoms with Crippen molar-refractivity contribution in [1.82, 2.24) is 20.2 Å². The normalized spacial score (nSPS) is 10.8. The van der Waals surface area contributed by atoms with E-state index in [0.717, 1.165) is 20.3 Å². The Balaban J connectivity index is 2.10. The summed E-state index contributed by atoms with van der Waals surface area (Å²) in [6.07, 6.45) is 1.53. The van der Waals surface area contributed by atoms with Crippen LogP contribution in [0.1, 0.15) is 0 Å². The summed E-state index contributed by atoms with van der Waals surface area (Å²) in [6, 6.07) is 5.60.